The van der Waals surface area contributed by atoms with E-state index in [4.69, 9.17) is 4.74 Å². The van der Waals surface area contributed by atoms with E-state index in [1.165, 1.54) is 10.8 Å². The van der Waals surface area contributed by atoms with Crippen LogP contribution in [-0.4, -0.2) is 31.2 Å². The van der Waals surface area contributed by atoms with Crippen LogP contribution >= 0.6 is 0 Å². The molecule has 0 aliphatic carbocycles. The lowest BCUT2D eigenvalue weighted by atomic mass is 9.99. The number of nitrogens with one attached hydrogen (secondary N) is 2. The molecule has 1 aliphatic rings. The van der Waals surface area contributed by atoms with Gasteiger partial charge in [0.25, 0.3) is 0 Å². The molecule has 1 fully saturated rings. The summed E-state index contributed by atoms with van der Waals surface area (Å²) in [7, 11) is 0. The molecule has 134 valence electrons. The first-order chi connectivity index (χ1) is 12.1. The van der Waals surface area contributed by atoms with Crippen molar-refractivity contribution >= 4 is 16.7 Å². The van der Waals surface area contributed by atoms with Gasteiger partial charge in [-0.2, -0.15) is 0 Å². The molecule has 4 nitrogen and oxygen atoms in total. The van der Waals surface area contributed by atoms with Gasteiger partial charge >= 0.3 is 0 Å². The number of hydrogen-bond acceptors (Lipinski definition) is 3. The van der Waals surface area contributed by atoms with Crippen molar-refractivity contribution in [1.82, 2.24) is 10.6 Å². The Morgan fingerprint density at radius 1 is 1.12 bits per heavy atom. The van der Waals surface area contributed by atoms with Gasteiger partial charge < -0.3 is 15.4 Å². The summed E-state index contributed by atoms with van der Waals surface area (Å²) in [5.41, 5.74) is 1.13. The second-order valence-corrected chi connectivity index (χ2v) is 7.17. The first-order valence-corrected chi connectivity index (χ1v) is 9.22. The summed E-state index contributed by atoms with van der Waals surface area (Å²) in [6.07, 6.45) is 1.95. The van der Waals surface area contributed by atoms with E-state index in [1.54, 1.807) is 0 Å². The van der Waals surface area contributed by atoms with Gasteiger partial charge in [-0.05, 0) is 41.2 Å². The minimum atomic E-state index is -0.163. The third-order valence-electron chi connectivity index (χ3n) is 4.87. The van der Waals surface area contributed by atoms with Crippen molar-refractivity contribution in [2.75, 3.05) is 13.2 Å². The zero-order valence-corrected chi connectivity index (χ0v) is 15.1. The molecular formula is C21H28N2O2. The average Bonchev–Trinajstić information content (AvgIpc) is 2.64. The van der Waals surface area contributed by atoms with Crippen molar-refractivity contribution in [2.24, 2.45) is 5.92 Å². The van der Waals surface area contributed by atoms with E-state index >= 15 is 0 Å². The third-order valence-corrected chi connectivity index (χ3v) is 4.87. The van der Waals surface area contributed by atoms with Gasteiger partial charge in [-0.25, -0.2) is 0 Å². The third kappa shape index (κ3) is 4.80. The summed E-state index contributed by atoms with van der Waals surface area (Å²) in [5.74, 6) is 0.328. The van der Waals surface area contributed by atoms with Crippen molar-refractivity contribution in [1.29, 1.82) is 0 Å². The summed E-state index contributed by atoms with van der Waals surface area (Å²) < 4.78 is 5.40. The number of fused-ring (bicyclic) bond motifs is 1. The fourth-order valence-corrected chi connectivity index (χ4v) is 3.34. The van der Waals surface area contributed by atoms with Gasteiger partial charge in [0.1, 0.15) is 0 Å². The average molecular weight is 340 g/mol. The number of carbonyl (C=O) groups excluding carboxylic acids is 1. The number of rotatable bonds is 6. The largest absolute Gasteiger partial charge is 0.381 e. The molecule has 2 aromatic carbocycles. The quantitative estimate of drug-likeness (QED) is 0.849. The second kappa shape index (κ2) is 8.45. The maximum atomic E-state index is 12.7. The number of amides is 1. The molecule has 2 aromatic rings. The van der Waals surface area contributed by atoms with Gasteiger partial charge in [-0.3, -0.25) is 4.79 Å². The van der Waals surface area contributed by atoms with E-state index in [9.17, 15) is 4.79 Å². The standard InChI is InChI=1S/C21H28N2O2/c1-15(2)20(23-19-9-11-25-12-10-19)21(24)22-14-16-7-8-17-5-3-4-6-18(17)13-16/h3-8,13,15,19-20,23H,9-12,14H2,1-2H3,(H,22,24). The smallest absolute Gasteiger partial charge is 0.237 e. The van der Waals surface area contributed by atoms with Gasteiger partial charge in [0.15, 0.2) is 0 Å². The molecular weight excluding hydrogens is 312 g/mol. The first kappa shape index (κ1) is 17.9. The summed E-state index contributed by atoms with van der Waals surface area (Å²) in [6, 6.07) is 14.8. The van der Waals surface area contributed by atoms with Crippen LogP contribution < -0.4 is 10.6 Å². The number of ether oxygens (including phenoxy) is 1. The van der Waals surface area contributed by atoms with E-state index < -0.39 is 0 Å². The van der Waals surface area contributed by atoms with E-state index in [0.717, 1.165) is 31.6 Å². The normalized spacial score (nSPS) is 16.9. The SMILES string of the molecule is CC(C)C(NC1CCOCC1)C(=O)NCc1ccc2ccccc2c1. The van der Waals surface area contributed by atoms with Gasteiger partial charge in [-0.15, -0.1) is 0 Å². The van der Waals surface area contributed by atoms with E-state index in [2.05, 4.69) is 54.8 Å². The highest BCUT2D eigenvalue weighted by Crippen LogP contribution is 2.16. The molecule has 0 bridgehead atoms. The predicted molar refractivity (Wildman–Crippen MR) is 101 cm³/mol. The van der Waals surface area contributed by atoms with Crippen LogP contribution in [-0.2, 0) is 16.1 Å². The zero-order chi connectivity index (χ0) is 17.6. The Hall–Kier alpha value is -1.91. The Morgan fingerprint density at radius 2 is 1.84 bits per heavy atom. The van der Waals surface area contributed by atoms with Gasteiger partial charge in [-0.1, -0.05) is 50.2 Å². The lowest BCUT2D eigenvalue weighted by Crippen LogP contribution is -2.52. The van der Waals surface area contributed by atoms with Crippen LogP contribution in [0, 0.1) is 5.92 Å². The van der Waals surface area contributed by atoms with Crippen LogP contribution in [0.3, 0.4) is 0 Å². The van der Waals surface area contributed by atoms with E-state index in [0.29, 0.717) is 12.6 Å². The maximum absolute atomic E-state index is 12.7. The predicted octanol–water partition coefficient (Wildman–Crippen LogP) is 3.25. The fraction of sp³-hybridized carbons (Fsp3) is 0.476. The van der Waals surface area contributed by atoms with Crippen molar-refractivity contribution in [3.8, 4) is 0 Å². The number of carbonyl (C=O) groups is 1. The van der Waals surface area contributed by atoms with Crippen LogP contribution in [0.5, 0.6) is 0 Å². The topological polar surface area (TPSA) is 50.4 Å². The monoisotopic (exact) mass is 340 g/mol. The zero-order valence-electron chi connectivity index (χ0n) is 15.1. The number of hydrogen-bond donors (Lipinski definition) is 2. The molecule has 1 saturated heterocycles. The van der Waals surface area contributed by atoms with E-state index in [1.807, 2.05) is 12.1 Å². The van der Waals surface area contributed by atoms with Crippen molar-refractivity contribution in [2.45, 2.75) is 45.3 Å². The van der Waals surface area contributed by atoms with Gasteiger partial charge in [0.05, 0.1) is 6.04 Å². The molecule has 0 radical (unpaired) electrons. The van der Waals surface area contributed by atoms with Gasteiger partial charge in [0, 0.05) is 25.8 Å². The minimum absolute atomic E-state index is 0.0784. The molecule has 3 rings (SSSR count). The Kier molecular flexibility index (Phi) is 6.05. The summed E-state index contributed by atoms with van der Waals surface area (Å²) in [4.78, 5) is 12.7. The first-order valence-electron chi connectivity index (χ1n) is 9.22. The molecule has 1 heterocycles. The minimum Gasteiger partial charge on any atom is -0.381 e. The van der Waals surface area contributed by atoms with Crippen LogP contribution in [0.4, 0.5) is 0 Å². The lowest BCUT2D eigenvalue weighted by Gasteiger charge is -2.30. The number of benzene rings is 2. The van der Waals surface area contributed by atoms with Crippen molar-refractivity contribution in [3.63, 3.8) is 0 Å². The molecule has 1 atom stereocenters. The lowest BCUT2D eigenvalue weighted by molar-refractivity contribution is -0.124. The molecule has 2 N–H and O–H groups in total. The highest BCUT2D eigenvalue weighted by molar-refractivity contribution is 5.84. The van der Waals surface area contributed by atoms with Gasteiger partial charge in [0.2, 0.25) is 5.91 Å². The summed E-state index contributed by atoms with van der Waals surface area (Å²) >= 11 is 0. The van der Waals surface area contributed by atoms with Crippen LogP contribution in [0.15, 0.2) is 42.5 Å². The second-order valence-electron chi connectivity index (χ2n) is 7.17. The molecule has 25 heavy (non-hydrogen) atoms. The Bertz CT molecular complexity index is 708. The van der Waals surface area contributed by atoms with Crippen LogP contribution in [0.1, 0.15) is 32.3 Å². The molecule has 0 saturated carbocycles. The molecule has 1 unspecified atom stereocenters. The highest BCUT2D eigenvalue weighted by atomic mass is 16.5. The molecule has 1 amide bonds. The van der Waals surface area contributed by atoms with Crippen LogP contribution in [0.2, 0.25) is 0 Å². The van der Waals surface area contributed by atoms with Crippen molar-refractivity contribution < 1.29 is 9.53 Å². The van der Waals surface area contributed by atoms with E-state index in [-0.39, 0.29) is 17.9 Å². The van der Waals surface area contributed by atoms with Crippen LogP contribution in [0.25, 0.3) is 10.8 Å². The summed E-state index contributed by atoms with van der Waals surface area (Å²) in [5, 5.41) is 9.06. The molecule has 0 spiro atoms. The molecule has 4 heteroatoms. The molecule has 1 aliphatic heterocycles. The summed E-state index contributed by atoms with van der Waals surface area (Å²) in [6.45, 7) is 6.30. The highest BCUT2D eigenvalue weighted by Gasteiger charge is 2.26. The Morgan fingerprint density at radius 3 is 2.56 bits per heavy atom. The van der Waals surface area contributed by atoms with Crippen molar-refractivity contribution in [3.05, 3.63) is 48.0 Å². The Labute approximate surface area is 149 Å². The maximum Gasteiger partial charge on any atom is 0.237 e. The Balaban J connectivity index is 1.59. The molecule has 0 aromatic heterocycles. The fourth-order valence-electron chi connectivity index (χ4n) is 3.34.